The van der Waals surface area contributed by atoms with Crippen molar-refractivity contribution in [1.82, 2.24) is 9.88 Å². The van der Waals surface area contributed by atoms with Crippen molar-refractivity contribution in [3.63, 3.8) is 0 Å². The van der Waals surface area contributed by atoms with E-state index in [2.05, 4.69) is 79.5 Å². The summed E-state index contributed by atoms with van der Waals surface area (Å²) in [4.78, 5) is 19.5. The minimum atomic E-state index is -1.10. The van der Waals surface area contributed by atoms with Crippen LogP contribution in [0.5, 0.6) is 0 Å². The molecule has 1 amide bonds. The summed E-state index contributed by atoms with van der Waals surface area (Å²) in [5.41, 5.74) is 3.01. The number of hydrogen-bond acceptors (Lipinski definition) is 4. The number of likely N-dealkylation sites (tertiary alicyclic amines) is 1. The maximum absolute atomic E-state index is 13.4. The average Bonchev–Trinajstić information content (AvgIpc) is 3.28. The van der Waals surface area contributed by atoms with Crippen LogP contribution < -0.4 is 0 Å². The topological polar surface area (TPSA) is 51.7 Å². The average molecular weight is 503 g/mol. The molecule has 1 aliphatic rings. The van der Waals surface area contributed by atoms with Crippen LogP contribution in [0.15, 0.2) is 85.2 Å². The quantitative estimate of drug-likeness (QED) is 0.341. The number of rotatable bonds is 7. The molecule has 0 N–H and O–H groups in total. The van der Waals surface area contributed by atoms with Crippen molar-refractivity contribution in [3.05, 3.63) is 102 Å². The summed E-state index contributed by atoms with van der Waals surface area (Å²) in [5.74, 6) is 0.206. The second-order valence-electron chi connectivity index (χ2n) is 11.3. The molecule has 6 heteroatoms. The number of pyridine rings is 1. The van der Waals surface area contributed by atoms with E-state index in [0.29, 0.717) is 0 Å². The van der Waals surface area contributed by atoms with Crippen molar-refractivity contribution in [3.8, 4) is 0 Å². The van der Waals surface area contributed by atoms with E-state index >= 15 is 0 Å². The zero-order chi connectivity index (χ0) is 25.8. The van der Waals surface area contributed by atoms with Gasteiger partial charge in [0.05, 0.1) is 6.04 Å². The third-order valence-electron chi connectivity index (χ3n) is 6.70. The van der Waals surface area contributed by atoms with E-state index in [4.69, 9.17) is 9.16 Å². The Bertz CT molecular complexity index is 1080. The van der Waals surface area contributed by atoms with Gasteiger partial charge in [0.1, 0.15) is 11.8 Å². The van der Waals surface area contributed by atoms with Crippen molar-refractivity contribution in [2.24, 2.45) is 0 Å². The normalized spacial score (nSPS) is 18.8. The van der Waals surface area contributed by atoms with Gasteiger partial charge in [-0.1, -0.05) is 80.6 Å². The van der Waals surface area contributed by atoms with Crippen LogP contribution in [0, 0.1) is 0 Å². The third kappa shape index (κ3) is 6.23. The number of benzene rings is 2. The summed E-state index contributed by atoms with van der Waals surface area (Å²) in [5, 5.41) is -0.0886. The van der Waals surface area contributed by atoms with Gasteiger partial charge in [0.2, 0.25) is 0 Å². The van der Waals surface area contributed by atoms with Gasteiger partial charge in [-0.2, -0.15) is 0 Å². The highest BCUT2D eigenvalue weighted by atomic mass is 28.2. The molecular weight excluding hydrogens is 464 g/mol. The third-order valence-corrected chi connectivity index (χ3v) is 8.41. The van der Waals surface area contributed by atoms with E-state index < -0.39 is 15.4 Å². The summed E-state index contributed by atoms with van der Waals surface area (Å²) in [7, 11) is -1.10. The molecule has 2 unspecified atom stereocenters. The first-order valence-corrected chi connectivity index (χ1v) is 14.1. The highest BCUT2D eigenvalue weighted by molar-refractivity contribution is 6.32. The van der Waals surface area contributed by atoms with Crippen LogP contribution in [-0.2, 0) is 9.16 Å². The van der Waals surface area contributed by atoms with Gasteiger partial charge in [0.25, 0.3) is 0 Å². The largest absolute Gasteiger partial charge is 0.444 e. The van der Waals surface area contributed by atoms with Crippen LogP contribution in [0.1, 0.15) is 76.1 Å². The first-order chi connectivity index (χ1) is 17.2. The number of carbonyl (C=O) groups is 1. The lowest BCUT2D eigenvalue weighted by atomic mass is 9.82. The number of aromatic nitrogens is 1. The minimum absolute atomic E-state index is 0.0886. The molecule has 2 aromatic carbocycles. The van der Waals surface area contributed by atoms with Crippen molar-refractivity contribution in [2.75, 3.05) is 0 Å². The molecule has 0 saturated carbocycles. The predicted molar refractivity (Wildman–Crippen MR) is 146 cm³/mol. The molecule has 36 heavy (non-hydrogen) atoms. The lowest BCUT2D eigenvalue weighted by molar-refractivity contribution is -0.0170. The van der Waals surface area contributed by atoms with E-state index in [-0.39, 0.29) is 29.3 Å². The van der Waals surface area contributed by atoms with E-state index in [0.717, 1.165) is 18.4 Å². The molecule has 2 atom stereocenters. The SMILES string of the molecule is CC(C)(C)OC(=O)N1C(O[SiH2]C(C)(C)C(c2ccccc2)c2ccccc2)CCC1c1cccnc1. The Morgan fingerprint density at radius 2 is 1.53 bits per heavy atom. The molecule has 1 saturated heterocycles. The fraction of sp³-hybridized carbons (Fsp3) is 0.400. The second-order valence-corrected chi connectivity index (χ2v) is 13.7. The van der Waals surface area contributed by atoms with Gasteiger partial charge in [-0.15, -0.1) is 0 Å². The summed E-state index contributed by atoms with van der Waals surface area (Å²) in [6, 6.07) is 25.2. The summed E-state index contributed by atoms with van der Waals surface area (Å²) in [6.07, 6.45) is 4.57. The molecule has 1 fully saturated rings. The first-order valence-electron chi connectivity index (χ1n) is 12.8. The standard InChI is InChI=1S/C30H38N2O3Si/c1-29(2,3)34-28(33)32-25(24-17-12-20-31-21-24)18-19-26(32)35-36-30(4,5)27(22-13-8-6-9-14-22)23-15-10-7-11-16-23/h6-17,20-21,25-27H,18-19,36H2,1-5H3. The van der Waals surface area contributed by atoms with Gasteiger partial charge in [0, 0.05) is 18.3 Å². The summed E-state index contributed by atoms with van der Waals surface area (Å²) < 4.78 is 12.6. The smallest absolute Gasteiger partial charge is 0.412 e. The Morgan fingerprint density at radius 1 is 0.917 bits per heavy atom. The molecule has 3 aromatic rings. The monoisotopic (exact) mass is 502 g/mol. The summed E-state index contributed by atoms with van der Waals surface area (Å²) in [6.45, 7) is 10.3. The number of nitrogens with zero attached hydrogens (tertiary/aromatic N) is 2. The Labute approximate surface area is 217 Å². The molecule has 5 nitrogen and oxygen atoms in total. The number of hydrogen-bond donors (Lipinski definition) is 0. The molecule has 0 radical (unpaired) electrons. The fourth-order valence-corrected chi connectivity index (χ4v) is 6.77. The molecule has 0 bridgehead atoms. The highest BCUT2D eigenvalue weighted by Gasteiger charge is 2.42. The fourth-order valence-electron chi connectivity index (χ4n) is 5.18. The van der Waals surface area contributed by atoms with Gasteiger partial charge in [-0.3, -0.25) is 9.88 Å². The molecule has 4 rings (SSSR count). The maximum Gasteiger partial charge on any atom is 0.412 e. The van der Waals surface area contributed by atoms with E-state index in [1.54, 1.807) is 6.20 Å². The van der Waals surface area contributed by atoms with Crippen molar-refractivity contribution in [1.29, 1.82) is 0 Å². The van der Waals surface area contributed by atoms with Crippen LogP contribution in [0.3, 0.4) is 0 Å². The molecule has 0 aliphatic carbocycles. The summed E-state index contributed by atoms with van der Waals surface area (Å²) >= 11 is 0. The Kier molecular flexibility index (Phi) is 7.96. The van der Waals surface area contributed by atoms with Crippen LogP contribution in [-0.4, -0.2) is 37.6 Å². The van der Waals surface area contributed by atoms with Gasteiger partial charge >= 0.3 is 6.09 Å². The Morgan fingerprint density at radius 3 is 2.06 bits per heavy atom. The minimum Gasteiger partial charge on any atom is -0.444 e. The maximum atomic E-state index is 13.4. The zero-order valence-corrected chi connectivity index (χ0v) is 23.5. The molecule has 190 valence electrons. The molecule has 2 heterocycles. The Hall–Kier alpha value is -2.96. The molecule has 1 aromatic heterocycles. The molecular formula is C30H38N2O3Si. The van der Waals surface area contributed by atoms with E-state index in [9.17, 15) is 4.79 Å². The van der Waals surface area contributed by atoms with Gasteiger partial charge < -0.3 is 9.16 Å². The van der Waals surface area contributed by atoms with Gasteiger partial charge in [-0.25, -0.2) is 4.79 Å². The predicted octanol–water partition coefficient (Wildman–Crippen LogP) is 6.61. The van der Waals surface area contributed by atoms with Gasteiger partial charge in [-0.05, 0) is 61.4 Å². The second kappa shape index (κ2) is 11.0. The number of amides is 1. The van der Waals surface area contributed by atoms with E-state index in [1.807, 2.05) is 44.0 Å². The molecule has 0 spiro atoms. The zero-order valence-electron chi connectivity index (χ0n) is 22.1. The lowest BCUT2D eigenvalue weighted by Crippen LogP contribution is -2.43. The van der Waals surface area contributed by atoms with Crippen LogP contribution >= 0.6 is 0 Å². The van der Waals surface area contributed by atoms with Crippen LogP contribution in [0.2, 0.25) is 5.04 Å². The van der Waals surface area contributed by atoms with Crippen molar-refractivity contribution >= 4 is 15.9 Å². The highest BCUT2D eigenvalue weighted by Crippen LogP contribution is 2.47. The lowest BCUT2D eigenvalue weighted by Gasteiger charge is -2.38. The van der Waals surface area contributed by atoms with Gasteiger partial charge in [0.15, 0.2) is 9.76 Å². The van der Waals surface area contributed by atoms with Crippen molar-refractivity contribution < 1.29 is 14.0 Å². The number of carbonyl (C=O) groups excluding carboxylic acids is 1. The van der Waals surface area contributed by atoms with Crippen LogP contribution in [0.25, 0.3) is 0 Å². The number of ether oxygens (including phenoxy) is 1. The van der Waals surface area contributed by atoms with Crippen molar-refractivity contribution in [2.45, 2.75) is 76.3 Å². The molecule has 1 aliphatic heterocycles. The van der Waals surface area contributed by atoms with E-state index in [1.165, 1.54) is 11.1 Å². The first kappa shape index (κ1) is 26.1. The van der Waals surface area contributed by atoms with Crippen LogP contribution in [0.4, 0.5) is 4.79 Å². The Balaban J connectivity index is 1.58.